The van der Waals surface area contributed by atoms with E-state index in [2.05, 4.69) is 10.3 Å². The first-order chi connectivity index (χ1) is 13.2. The lowest BCUT2D eigenvalue weighted by atomic mass is 10.2. The van der Waals surface area contributed by atoms with Gasteiger partial charge in [0.05, 0.1) is 25.4 Å². The van der Waals surface area contributed by atoms with Crippen LogP contribution in [-0.4, -0.2) is 52.9 Å². The maximum atomic E-state index is 12.6. The Morgan fingerprint density at radius 2 is 2.07 bits per heavy atom. The van der Waals surface area contributed by atoms with Crippen molar-refractivity contribution >= 4 is 22.8 Å². The quantitative estimate of drug-likeness (QED) is 0.740. The van der Waals surface area contributed by atoms with E-state index in [9.17, 15) is 9.90 Å². The van der Waals surface area contributed by atoms with Gasteiger partial charge in [0.1, 0.15) is 5.52 Å². The van der Waals surface area contributed by atoms with Gasteiger partial charge in [-0.25, -0.2) is 9.78 Å². The number of anilines is 1. The SMILES string of the molecule is CCN(C(=O)Nc1ccc2oc(-c3ccccc3)nc2c1)[C@H]1COC[C@@H]1O. The van der Waals surface area contributed by atoms with Gasteiger partial charge >= 0.3 is 6.03 Å². The van der Waals surface area contributed by atoms with Crippen LogP contribution in [0.2, 0.25) is 0 Å². The first-order valence-electron chi connectivity index (χ1n) is 8.95. The number of carbonyl (C=O) groups excluding carboxylic acids is 1. The van der Waals surface area contributed by atoms with Gasteiger partial charge in [-0.3, -0.25) is 0 Å². The fraction of sp³-hybridized carbons (Fsp3) is 0.300. The summed E-state index contributed by atoms with van der Waals surface area (Å²) in [6.07, 6.45) is -0.665. The molecule has 1 fully saturated rings. The number of hydrogen-bond donors (Lipinski definition) is 2. The summed E-state index contributed by atoms with van der Waals surface area (Å²) in [5.74, 6) is 0.537. The van der Waals surface area contributed by atoms with Crippen molar-refractivity contribution in [2.45, 2.75) is 19.1 Å². The molecule has 0 unspecified atom stereocenters. The zero-order valence-electron chi connectivity index (χ0n) is 15.0. The minimum atomic E-state index is -0.665. The second kappa shape index (κ2) is 7.38. The molecule has 140 valence electrons. The third-order valence-electron chi connectivity index (χ3n) is 4.68. The van der Waals surface area contributed by atoms with Crippen LogP contribution in [0.5, 0.6) is 0 Å². The normalized spacial score (nSPS) is 19.3. The van der Waals surface area contributed by atoms with E-state index in [4.69, 9.17) is 9.15 Å². The molecule has 0 saturated carbocycles. The molecule has 2 atom stereocenters. The predicted molar refractivity (Wildman–Crippen MR) is 101 cm³/mol. The largest absolute Gasteiger partial charge is 0.436 e. The molecule has 0 radical (unpaired) electrons. The second-order valence-corrected chi connectivity index (χ2v) is 6.46. The third kappa shape index (κ3) is 3.51. The van der Waals surface area contributed by atoms with Gasteiger partial charge in [-0.05, 0) is 37.3 Å². The van der Waals surface area contributed by atoms with E-state index < -0.39 is 6.10 Å². The molecule has 2 aromatic carbocycles. The summed E-state index contributed by atoms with van der Waals surface area (Å²) < 4.78 is 11.1. The molecule has 2 heterocycles. The third-order valence-corrected chi connectivity index (χ3v) is 4.68. The first kappa shape index (κ1) is 17.5. The number of fused-ring (bicyclic) bond motifs is 1. The number of rotatable bonds is 4. The zero-order chi connectivity index (χ0) is 18.8. The summed E-state index contributed by atoms with van der Waals surface area (Å²) in [5, 5.41) is 12.9. The van der Waals surface area contributed by atoms with E-state index in [-0.39, 0.29) is 18.7 Å². The zero-order valence-corrected chi connectivity index (χ0v) is 15.0. The summed E-state index contributed by atoms with van der Waals surface area (Å²) in [7, 11) is 0. The van der Waals surface area contributed by atoms with Crippen molar-refractivity contribution in [3.63, 3.8) is 0 Å². The van der Waals surface area contributed by atoms with Crippen LogP contribution in [0.3, 0.4) is 0 Å². The number of urea groups is 1. The molecular weight excluding hydrogens is 346 g/mol. The van der Waals surface area contributed by atoms with Crippen molar-refractivity contribution in [3.05, 3.63) is 48.5 Å². The van der Waals surface area contributed by atoms with Crippen LogP contribution in [0.4, 0.5) is 10.5 Å². The van der Waals surface area contributed by atoms with E-state index in [1.807, 2.05) is 37.3 Å². The summed E-state index contributed by atoms with van der Waals surface area (Å²) in [5.41, 5.74) is 2.83. The Hall–Kier alpha value is -2.90. The average molecular weight is 367 g/mol. The van der Waals surface area contributed by atoms with Crippen LogP contribution in [-0.2, 0) is 4.74 Å². The fourth-order valence-electron chi connectivity index (χ4n) is 3.26. The Kier molecular flexibility index (Phi) is 4.79. The number of carbonyl (C=O) groups is 1. The molecule has 4 rings (SSSR count). The van der Waals surface area contributed by atoms with E-state index in [1.54, 1.807) is 23.1 Å². The monoisotopic (exact) mass is 367 g/mol. The van der Waals surface area contributed by atoms with Crippen LogP contribution in [0, 0.1) is 0 Å². The molecule has 0 spiro atoms. The Morgan fingerprint density at radius 1 is 1.26 bits per heavy atom. The Labute approximate surface area is 156 Å². The van der Waals surface area contributed by atoms with Crippen LogP contribution in [0.15, 0.2) is 52.9 Å². The molecule has 2 amide bonds. The minimum absolute atomic E-state index is 0.252. The highest BCUT2D eigenvalue weighted by atomic mass is 16.5. The predicted octanol–water partition coefficient (Wildman–Crippen LogP) is 3.11. The van der Waals surface area contributed by atoms with Gasteiger partial charge in [0.25, 0.3) is 0 Å². The Balaban J connectivity index is 1.54. The number of ether oxygens (including phenoxy) is 1. The average Bonchev–Trinajstić information content (AvgIpc) is 3.29. The highest BCUT2D eigenvalue weighted by Crippen LogP contribution is 2.26. The minimum Gasteiger partial charge on any atom is -0.436 e. The van der Waals surface area contributed by atoms with Crippen molar-refractivity contribution in [3.8, 4) is 11.5 Å². The van der Waals surface area contributed by atoms with Crippen molar-refractivity contribution in [2.24, 2.45) is 0 Å². The van der Waals surface area contributed by atoms with E-state index in [0.717, 1.165) is 5.56 Å². The number of aromatic nitrogens is 1. The first-order valence-corrected chi connectivity index (χ1v) is 8.95. The highest BCUT2D eigenvalue weighted by molar-refractivity contribution is 5.92. The summed E-state index contributed by atoms with van der Waals surface area (Å²) in [6.45, 7) is 2.94. The topological polar surface area (TPSA) is 87.8 Å². The van der Waals surface area contributed by atoms with Gasteiger partial charge in [-0.2, -0.15) is 0 Å². The number of benzene rings is 2. The smallest absolute Gasteiger partial charge is 0.322 e. The van der Waals surface area contributed by atoms with Crippen molar-refractivity contribution in [1.82, 2.24) is 9.88 Å². The number of hydrogen-bond acceptors (Lipinski definition) is 5. The van der Waals surface area contributed by atoms with Gasteiger partial charge in [0.2, 0.25) is 5.89 Å². The highest BCUT2D eigenvalue weighted by Gasteiger charge is 2.33. The molecule has 7 nitrogen and oxygen atoms in total. The van der Waals surface area contributed by atoms with E-state index >= 15 is 0 Å². The maximum Gasteiger partial charge on any atom is 0.322 e. The number of amides is 2. The van der Waals surface area contributed by atoms with Crippen LogP contribution < -0.4 is 5.32 Å². The van der Waals surface area contributed by atoms with Crippen molar-refractivity contribution in [1.29, 1.82) is 0 Å². The van der Waals surface area contributed by atoms with Gasteiger partial charge in [0.15, 0.2) is 5.58 Å². The fourth-order valence-corrected chi connectivity index (χ4v) is 3.26. The molecule has 1 aliphatic heterocycles. The lowest BCUT2D eigenvalue weighted by Crippen LogP contribution is -2.48. The van der Waals surface area contributed by atoms with Crippen LogP contribution >= 0.6 is 0 Å². The van der Waals surface area contributed by atoms with Crippen LogP contribution in [0.1, 0.15) is 6.92 Å². The van der Waals surface area contributed by atoms with Gasteiger partial charge in [0, 0.05) is 17.8 Å². The van der Waals surface area contributed by atoms with Gasteiger partial charge in [-0.1, -0.05) is 18.2 Å². The van der Waals surface area contributed by atoms with Gasteiger partial charge in [-0.15, -0.1) is 0 Å². The van der Waals surface area contributed by atoms with Crippen molar-refractivity contribution in [2.75, 3.05) is 25.1 Å². The molecule has 0 aliphatic carbocycles. The van der Waals surface area contributed by atoms with E-state index in [1.165, 1.54) is 0 Å². The number of likely N-dealkylation sites (N-methyl/N-ethyl adjacent to an activating group) is 1. The Morgan fingerprint density at radius 3 is 2.78 bits per heavy atom. The van der Waals surface area contributed by atoms with Gasteiger partial charge < -0.3 is 24.5 Å². The standard InChI is InChI=1S/C20H21N3O4/c1-2-23(16-11-26-12-17(16)24)20(25)21-14-8-9-18-15(10-14)22-19(27-18)13-6-4-3-5-7-13/h3-10,16-17,24H,2,11-12H2,1H3,(H,21,25)/t16-,17-/m0/s1. The van der Waals surface area contributed by atoms with Crippen molar-refractivity contribution < 1.29 is 19.1 Å². The lowest BCUT2D eigenvalue weighted by Gasteiger charge is -2.28. The van der Waals surface area contributed by atoms with E-state index in [0.29, 0.717) is 35.8 Å². The second-order valence-electron chi connectivity index (χ2n) is 6.46. The number of nitrogens with one attached hydrogen (secondary N) is 1. The maximum absolute atomic E-state index is 12.6. The molecule has 1 saturated heterocycles. The molecular formula is C20H21N3O4. The summed E-state index contributed by atoms with van der Waals surface area (Å²) in [4.78, 5) is 18.7. The number of oxazole rings is 1. The molecule has 2 N–H and O–H groups in total. The molecule has 27 heavy (non-hydrogen) atoms. The molecule has 0 bridgehead atoms. The number of aliphatic hydroxyl groups is 1. The van der Waals surface area contributed by atoms with Crippen LogP contribution in [0.25, 0.3) is 22.6 Å². The molecule has 1 aromatic heterocycles. The molecule has 3 aromatic rings. The molecule has 7 heteroatoms. The summed E-state index contributed by atoms with van der Waals surface area (Å²) >= 11 is 0. The Bertz CT molecular complexity index is 941. The number of nitrogens with zero attached hydrogens (tertiary/aromatic N) is 2. The lowest BCUT2D eigenvalue weighted by molar-refractivity contribution is 0.1000. The number of aliphatic hydroxyl groups excluding tert-OH is 1. The summed E-state index contributed by atoms with van der Waals surface area (Å²) in [6, 6.07) is 14.4. The molecule has 1 aliphatic rings.